The van der Waals surface area contributed by atoms with Gasteiger partial charge in [0.05, 0.1) is 17.4 Å². The molecule has 2 N–H and O–H groups in total. The average molecular weight is 421 g/mol. The highest BCUT2D eigenvalue weighted by Crippen LogP contribution is 2.21. The number of non-ortho nitro benzene ring substituents is 1. The Hall–Kier alpha value is -2.23. The minimum atomic E-state index is -1.41. The van der Waals surface area contributed by atoms with Crippen molar-refractivity contribution in [1.82, 2.24) is 5.32 Å². The molecule has 0 unspecified atom stereocenters. The molecule has 0 bridgehead atoms. The van der Waals surface area contributed by atoms with Crippen LogP contribution >= 0.6 is 23.2 Å². The van der Waals surface area contributed by atoms with Crippen molar-refractivity contribution in [2.24, 2.45) is 0 Å². The van der Waals surface area contributed by atoms with E-state index in [0.717, 1.165) is 0 Å². The first-order valence-electron chi connectivity index (χ1n) is 7.77. The van der Waals surface area contributed by atoms with Crippen LogP contribution in [0.15, 0.2) is 24.3 Å². The van der Waals surface area contributed by atoms with Crippen LogP contribution in [0.5, 0.6) is 0 Å². The van der Waals surface area contributed by atoms with E-state index >= 15 is 0 Å². The molecule has 0 radical (unpaired) electrons. The van der Waals surface area contributed by atoms with Gasteiger partial charge >= 0.3 is 5.97 Å². The molecule has 9 nitrogen and oxygen atoms in total. The van der Waals surface area contributed by atoms with Crippen molar-refractivity contribution < 1.29 is 29.2 Å². The number of Topliss-reactive ketones (excluding diaryl/α,β-unsaturated/α-hetero) is 1. The van der Waals surface area contributed by atoms with Gasteiger partial charge in [0.2, 0.25) is 0 Å². The fraction of sp³-hybridized carbons (Fsp3) is 0.438. The number of nitrogens with zero attached hydrogens (tertiary/aromatic N) is 1. The van der Waals surface area contributed by atoms with Gasteiger partial charge in [-0.05, 0) is 24.6 Å². The summed E-state index contributed by atoms with van der Waals surface area (Å²) in [7, 11) is 0. The zero-order valence-electron chi connectivity index (χ0n) is 14.3. The van der Waals surface area contributed by atoms with Gasteiger partial charge in [-0.3, -0.25) is 19.7 Å². The van der Waals surface area contributed by atoms with E-state index in [4.69, 9.17) is 27.9 Å². The maximum atomic E-state index is 11.7. The summed E-state index contributed by atoms with van der Waals surface area (Å²) >= 11 is 11.0. The number of nitro groups is 1. The summed E-state index contributed by atoms with van der Waals surface area (Å²) in [6.07, 6.45) is -1.49. The maximum absolute atomic E-state index is 11.7. The molecule has 0 aliphatic rings. The Morgan fingerprint density at radius 3 is 2.30 bits per heavy atom. The third kappa shape index (κ3) is 7.90. The molecule has 1 rings (SSSR count). The van der Waals surface area contributed by atoms with Gasteiger partial charge in [-0.25, -0.2) is 0 Å². The molecule has 0 aliphatic carbocycles. The predicted molar refractivity (Wildman–Crippen MR) is 96.4 cm³/mol. The lowest BCUT2D eigenvalue weighted by Gasteiger charge is -2.24. The standard InChI is InChI=1S/C16H18Cl2N2O7/c1-9(21)2-7-13(22)27-8-12(19-16(24)15(17)18)14(23)10-3-5-11(6-4-10)20(25)26/h3-6,12,14-15,23H,2,7-8H2,1H3,(H,19,24)/t12-,14-/m1/s1. The monoisotopic (exact) mass is 420 g/mol. The Balaban J connectivity index is 2.85. The molecule has 1 aromatic rings. The van der Waals surface area contributed by atoms with Gasteiger partial charge in [0.15, 0.2) is 4.84 Å². The molecule has 0 fully saturated rings. The molecule has 0 aliphatic heterocycles. The fourth-order valence-corrected chi connectivity index (χ4v) is 2.14. The van der Waals surface area contributed by atoms with Gasteiger partial charge in [-0.2, -0.15) is 0 Å². The first-order chi connectivity index (χ1) is 12.6. The van der Waals surface area contributed by atoms with Crippen molar-refractivity contribution in [2.75, 3.05) is 6.61 Å². The highest BCUT2D eigenvalue weighted by Gasteiger charge is 2.27. The summed E-state index contributed by atoms with van der Waals surface area (Å²) in [5.74, 6) is -1.69. The Morgan fingerprint density at radius 2 is 1.81 bits per heavy atom. The first-order valence-corrected chi connectivity index (χ1v) is 8.65. The topological polar surface area (TPSA) is 136 Å². The first kappa shape index (κ1) is 22.8. The van der Waals surface area contributed by atoms with Crippen LogP contribution in [0.3, 0.4) is 0 Å². The summed E-state index contributed by atoms with van der Waals surface area (Å²) in [5.41, 5.74) is 0.0650. The van der Waals surface area contributed by atoms with E-state index in [-0.39, 0.29) is 29.9 Å². The van der Waals surface area contributed by atoms with E-state index in [1.807, 2.05) is 0 Å². The molecule has 1 amide bonds. The van der Waals surface area contributed by atoms with Gasteiger partial charge in [-0.15, -0.1) is 0 Å². The van der Waals surface area contributed by atoms with Crippen molar-refractivity contribution in [3.63, 3.8) is 0 Å². The van der Waals surface area contributed by atoms with Crippen LogP contribution < -0.4 is 5.32 Å². The molecule has 148 valence electrons. The summed E-state index contributed by atoms with van der Waals surface area (Å²) in [4.78, 5) is 43.0. The normalized spacial score (nSPS) is 12.9. The van der Waals surface area contributed by atoms with Gasteiger partial charge in [0.1, 0.15) is 18.5 Å². The Kier molecular flexibility index (Phi) is 9.13. The van der Waals surface area contributed by atoms with Crippen LogP contribution in [0.1, 0.15) is 31.4 Å². The van der Waals surface area contributed by atoms with Crippen LogP contribution in [0.2, 0.25) is 0 Å². The van der Waals surface area contributed by atoms with Gasteiger partial charge in [0, 0.05) is 18.6 Å². The van der Waals surface area contributed by atoms with Gasteiger partial charge in [0.25, 0.3) is 11.6 Å². The number of ether oxygens (including phenoxy) is 1. The summed E-state index contributed by atoms with van der Waals surface area (Å²) in [6.45, 7) is 0.914. The second-order valence-electron chi connectivity index (χ2n) is 5.59. The number of carbonyl (C=O) groups is 3. The van der Waals surface area contributed by atoms with Crippen LogP contribution in [-0.2, 0) is 19.1 Å². The smallest absolute Gasteiger partial charge is 0.306 e. The molecule has 27 heavy (non-hydrogen) atoms. The van der Waals surface area contributed by atoms with Gasteiger partial charge in [-0.1, -0.05) is 23.2 Å². The predicted octanol–water partition coefficient (Wildman–Crippen LogP) is 1.83. The number of halogens is 2. The molecule has 1 aromatic carbocycles. The number of benzene rings is 1. The van der Waals surface area contributed by atoms with E-state index < -0.39 is 40.4 Å². The third-order valence-electron chi connectivity index (χ3n) is 3.46. The van der Waals surface area contributed by atoms with Crippen LogP contribution in [-0.4, -0.2) is 45.2 Å². The molecule has 0 saturated heterocycles. The quantitative estimate of drug-likeness (QED) is 0.255. The zero-order chi connectivity index (χ0) is 20.6. The summed E-state index contributed by atoms with van der Waals surface area (Å²) in [5, 5.41) is 23.5. The highest BCUT2D eigenvalue weighted by atomic mass is 35.5. The minimum Gasteiger partial charge on any atom is -0.463 e. The summed E-state index contributed by atoms with van der Waals surface area (Å²) in [6, 6.07) is 3.86. The van der Waals surface area contributed by atoms with E-state index in [9.17, 15) is 29.6 Å². The number of ketones is 1. The number of aliphatic hydroxyl groups is 1. The number of hydrogen-bond donors (Lipinski definition) is 2. The number of nitro benzene ring substituents is 1. The van der Waals surface area contributed by atoms with E-state index in [2.05, 4.69) is 5.32 Å². The largest absolute Gasteiger partial charge is 0.463 e. The number of amides is 1. The highest BCUT2D eigenvalue weighted by molar-refractivity contribution is 6.53. The van der Waals surface area contributed by atoms with Crippen molar-refractivity contribution in [3.8, 4) is 0 Å². The summed E-state index contributed by atoms with van der Waals surface area (Å²) < 4.78 is 4.98. The second-order valence-corrected chi connectivity index (χ2v) is 6.69. The number of rotatable bonds is 10. The molecule has 11 heteroatoms. The van der Waals surface area contributed by atoms with Crippen molar-refractivity contribution in [2.45, 2.75) is 36.7 Å². The van der Waals surface area contributed by atoms with Crippen LogP contribution in [0, 0.1) is 10.1 Å². The number of alkyl halides is 2. The van der Waals surface area contributed by atoms with Crippen LogP contribution in [0.4, 0.5) is 5.69 Å². The molecule has 0 heterocycles. The molecular weight excluding hydrogens is 403 g/mol. The number of aliphatic hydroxyl groups excluding tert-OH is 1. The third-order valence-corrected chi connectivity index (χ3v) is 3.85. The lowest BCUT2D eigenvalue weighted by molar-refractivity contribution is -0.384. The average Bonchev–Trinajstić information content (AvgIpc) is 2.62. The van der Waals surface area contributed by atoms with E-state index in [1.165, 1.54) is 31.2 Å². The number of hydrogen-bond acceptors (Lipinski definition) is 7. The Labute approximate surface area is 164 Å². The Bertz CT molecular complexity index is 695. The molecular formula is C16H18Cl2N2O7. The molecule has 0 aromatic heterocycles. The Morgan fingerprint density at radius 1 is 1.22 bits per heavy atom. The SMILES string of the molecule is CC(=O)CCC(=O)OC[C@@H](NC(=O)C(Cl)Cl)[C@H](O)c1ccc([N+](=O)[O-])cc1. The van der Waals surface area contributed by atoms with E-state index in [1.54, 1.807) is 0 Å². The van der Waals surface area contributed by atoms with E-state index in [0.29, 0.717) is 0 Å². The lowest BCUT2D eigenvalue weighted by atomic mass is 10.0. The minimum absolute atomic E-state index is 0.00615. The van der Waals surface area contributed by atoms with Crippen molar-refractivity contribution >= 4 is 46.5 Å². The molecule has 2 atom stereocenters. The van der Waals surface area contributed by atoms with Crippen molar-refractivity contribution in [1.29, 1.82) is 0 Å². The lowest BCUT2D eigenvalue weighted by Crippen LogP contribution is -2.45. The fourth-order valence-electron chi connectivity index (χ4n) is 2.02. The van der Waals surface area contributed by atoms with Crippen molar-refractivity contribution in [3.05, 3.63) is 39.9 Å². The zero-order valence-corrected chi connectivity index (χ0v) is 15.8. The number of nitrogens with one attached hydrogen (secondary N) is 1. The number of esters is 1. The van der Waals surface area contributed by atoms with Crippen LogP contribution in [0.25, 0.3) is 0 Å². The molecule has 0 saturated carbocycles. The number of carbonyl (C=O) groups excluding carboxylic acids is 3. The van der Waals surface area contributed by atoms with Gasteiger partial charge < -0.3 is 20.0 Å². The molecule has 0 spiro atoms. The maximum Gasteiger partial charge on any atom is 0.306 e. The second kappa shape index (κ2) is 10.8.